The van der Waals surface area contributed by atoms with Crippen LogP contribution in [0.2, 0.25) is 0 Å². The van der Waals surface area contributed by atoms with Gasteiger partial charge in [-0.1, -0.05) is 6.92 Å². The quantitative estimate of drug-likeness (QED) is 0.586. The zero-order valence-corrected chi connectivity index (χ0v) is 8.99. The van der Waals surface area contributed by atoms with Crippen molar-refractivity contribution in [1.82, 2.24) is 15.3 Å². The maximum Gasteiger partial charge on any atom is 0.236 e. The summed E-state index contributed by atoms with van der Waals surface area (Å²) in [5.74, 6) is 0.876. The second kappa shape index (κ2) is 6.19. The number of nitrogens with zero attached hydrogens (tertiary/aromatic N) is 1. The summed E-state index contributed by atoms with van der Waals surface area (Å²) in [6, 6.07) is -0.381. The standard InChI is InChI=1S/C10H18N4O/c1-2-8(11)10(15)14-5-3-4-9-12-6-7-13-9/h6-8H,2-5,11H2,1H3,(H,12,13)(H,14,15). The average molecular weight is 210 g/mol. The summed E-state index contributed by atoms with van der Waals surface area (Å²) in [7, 11) is 0. The van der Waals surface area contributed by atoms with Crippen LogP contribution in [0.1, 0.15) is 25.6 Å². The van der Waals surface area contributed by atoms with Crippen molar-refractivity contribution in [1.29, 1.82) is 0 Å². The van der Waals surface area contributed by atoms with E-state index in [0.29, 0.717) is 13.0 Å². The third-order valence-electron chi connectivity index (χ3n) is 2.22. The second-order valence-electron chi connectivity index (χ2n) is 3.45. The molecular weight excluding hydrogens is 192 g/mol. The highest BCUT2D eigenvalue weighted by molar-refractivity contribution is 5.81. The third kappa shape index (κ3) is 4.12. The number of H-pyrrole nitrogens is 1. The summed E-state index contributed by atoms with van der Waals surface area (Å²) >= 11 is 0. The smallest absolute Gasteiger partial charge is 0.236 e. The molecule has 4 N–H and O–H groups in total. The molecule has 0 aliphatic heterocycles. The van der Waals surface area contributed by atoms with E-state index in [9.17, 15) is 4.79 Å². The van der Waals surface area contributed by atoms with E-state index in [0.717, 1.165) is 18.7 Å². The molecular formula is C10H18N4O. The predicted molar refractivity (Wildman–Crippen MR) is 58.2 cm³/mol. The second-order valence-corrected chi connectivity index (χ2v) is 3.45. The Labute approximate surface area is 89.5 Å². The molecule has 5 heteroatoms. The van der Waals surface area contributed by atoms with Crippen molar-refractivity contribution in [2.24, 2.45) is 5.73 Å². The molecule has 1 aromatic heterocycles. The monoisotopic (exact) mass is 210 g/mol. The topological polar surface area (TPSA) is 83.8 Å². The molecule has 0 saturated heterocycles. The molecule has 0 aliphatic carbocycles. The molecule has 0 aliphatic rings. The van der Waals surface area contributed by atoms with Crippen molar-refractivity contribution < 1.29 is 4.79 Å². The minimum atomic E-state index is -0.381. The van der Waals surface area contributed by atoms with E-state index in [1.807, 2.05) is 6.92 Å². The van der Waals surface area contributed by atoms with Crippen molar-refractivity contribution >= 4 is 5.91 Å². The van der Waals surface area contributed by atoms with Gasteiger partial charge < -0.3 is 16.0 Å². The Morgan fingerprint density at radius 1 is 1.73 bits per heavy atom. The molecule has 0 aromatic carbocycles. The maximum absolute atomic E-state index is 11.3. The number of aromatic nitrogens is 2. The van der Waals surface area contributed by atoms with Gasteiger partial charge in [-0.05, 0) is 12.8 Å². The lowest BCUT2D eigenvalue weighted by atomic mass is 10.2. The Balaban J connectivity index is 2.09. The van der Waals surface area contributed by atoms with E-state index in [1.165, 1.54) is 0 Å². The summed E-state index contributed by atoms with van der Waals surface area (Å²) in [6.07, 6.45) is 5.90. The number of carbonyl (C=O) groups is 1. The van der Waals surface area contributed by atoms with Crippen LogP contribution in [-0.2, 0) is 11.2 Å². The Morgan fingerprint density at radius 3 is 3.13 bits per heavy atom. The normalized spacial score (nSPS) is 12.4. The predicted octanol–water partition coefficient (Wildman–Crippen LogP) is 0.196. The third-order valence-corrected chi connectivity index (χ3v) is 2.22. The summed E-state index contributed by atoms with van der Waals surface area (Å²) < 4.78 is 0. The minimum absolute atomic E-state index is 0.0723. The van der Waals surface area contributed by atoms with E-state index in [1.54, 1.807) is 12.4 Å². The zero-order valence-electron chi connectivity index (χ0n) is 8.99. The number of nitrogens with two attached hydrogens (primary N) is 1. The molecule has 0 bridgehead atoms. The molecule has 0 fully saturated rings. The average Bonchev–Trinajstić information content (AvgIpc) is 2.75. The lowest BCUT2D eigenvalue weighted by Crippen LogP contribution is -2.40. The molecule has 15 heavy (non-hydrogen) atoms. The first-order chi connectivity index (χ1) is 7.24. The number of hydrogen-bond donors (Lipinski definition) is 3. The summed E-state index contributed by atoms with van der Waals surface area (Å²) in [4.78, 5) is 18.4. The summed E-state index contributed by atoms with van der Waals surface area (Å²) in [6.45, 7) is 2.54. The number of aromatic amines is 1. The zero-order chi connectivity index (χ0) is 11.1. The number of hydrogen-bond acceptors (Lipinski definition) is 3. The lowest BCUT2D eigenvalue weighted by molar-refractivity contribution is -0.122. The van der Waals surface area contributed by atoms with Crippen molar-refractivity contribution in [2.75, 3.05) is 6.54 Å². The van der Waals surface area contributed by atoms with Crippen molar-refractivity contribution in [3.63, 3.8) is 0 Å². The van der Waals surface area contributed by atoms with Crippen LogP contribution < -0.4 is 11.1 Å². The molecule has 1 unspecified atom stereocenters. The number of aryl methyl sites for hydroxylation is 1. The Morgan fingerprint density at radius 2 is 2.53 bits per heavy atom. The van der Waals surface area contributed by atoms with E-state index in [4.69, 9.17) is 5.73 Å². The van der Waals surface area contributed by atoms with Crippen molar-refractivity contribution in [3.8, 4) is 0 Å². The molecule has 1 amide bonds. The van der Waals surface area contributed by atoms with Gasteiger partial charge in [0.2, 0.25) is 5.91 Å². The summed E-state index contributed by atoms with van der Waals surface area (Å²) in [5.41, 5.74) is 5.56. The van der Waals surface area contributed by atoms with Crippen LogP contribution in [-0.4, -0.2) is 28.5 Å². The van der Waals surface area contributed by atoms with Gasteiger partial charge in [-0.25, -0.2) is 4.98 Å². The molecule has 5 nitrogen and oxygen atoms in total. The number of rotatable bonds is 6. The van der Waals surface area contributed by atoms with Crippen LogP contribution in [0.5, 0.6) is 0 Å². The van der Waals surface area contributed by atoms with Gasteiger partial charge in [0.1, 0.15) is 5.82 Å². The van der Waals surface area contributed by atoms with Crippen LogP contribution in [0.3, 0.4) is 0 Å². The molecule has 1 aromatic rings. The fourth-order valence-corrected chi connectivity index (χ4v) is 1.22. The first kappa shape index (κ1) is 11.7. The highest BCUT2D eigenvalue weighted by atomic mass is 16.2. The molecule has 1 heterocycles. The molecule has 0 radical (unpaired) electrons. The minimum Gasteiger partial charge on any atom is -0.355 e. The van der Waals surface area contributed by atoms with E-state index in [2.05, 4.69) is 15.3 Å². The SMILES string of the molecule is CCC(N)C(=O)NCCCc1ncc[nH]1. The number of nitrogens with one attached hydrogen (secondary N) is 2. The van der Waals surface area contributed by atoms with Gasteiger partial charge in [-0.3, -0.25) is 4.79 Å². The van der Waals surface area contributed by atoms with Gasteiger partial charge >= 0.3 is 0 Å². The largest absolute Gasteiger partial charge is 0.355 e. The fraction of sp³-hybridized carbons (Fsp3) is 0.600. The fourth-order valence-electron chi connectivity index (χ4n) is 1.22. The lowest BCUT2D eigenvalue weighted by Gasteiger charge is -2.09. The number of amides is 1. The van der Waals surface area contributed by atoms with E-state index < -0.39 is 0 Å². The highest BCUT2D eigenvalue weighted by Gasteiger charge is 2.09. The Bertz CT molecular complexity index is 284. The summed E-state index contributed by atoms with van der Waals surface area (Å²) in [5, 5.41) is 2.79. The van der Waals surface area contributed by atoms with Crippen LogP contribution in [0.25, 0.3) is 0 Å². The first-order valence-electron chi connectivity index (χ1n) is 5.25. The molecule has 1 atom stereocenters. The Kier molecular flexibility index (Phi) is 4.83. The number of carbonyl (C=O) groups excluding carboxylic acids is 1. The van der Waals surface area contributed by atoms with E-state index in [-0.39, 0.29) is 11.9 Å². The van der Waals surface area contributed by atoms with Gasteiger partial charge in [0.25, 0.3) is 0 Å². The van der Waals surface area contributed by atoms with Crippen LogP contribution in [0.4, 0.5) is 0 Å². The van der Waals surface area contributed by atoms with Crippen LogP contribution in [0.15, 0.2) is 12.4 Å². The molecule has 1 rings (SSSR count). The Hall–Kier alpha value is -1.36. The molecule has 84 valence electrons. The number of imidazole rings is 1. The highest BCUT2D eigenvalue weighted by Crippen LogP contribution is 1.93. The first-order valence-corrected chi connectivity index (χ1v) is 5.25. The van der Waals surface area contributed by atoms with Gasteiger partial charge in [0.15, 0.2) is 0 Å². The molecule has 0 saturated carbocycles. The maximum atomic E-state index is 11.3. The van der Waals surface area contributed by atoms with Crippen molar-refractivity contribution in [3.05, 3.63) is 18.2 Å². The van der Waals surface area contributed by atoms with E-state index >= 15 is 0 Å². The van der Waals surface area contributed by atoms with Gasteiger partial charge in [0, 0.05) is 25.4 Å². The van der Waals surface area contributed by atoms with Gasteiger partial charge in [-0.15, -0.1) is 0 Å². The molecule has 0 spiro atoms. The van der Waals surface area contributed by atoms with Crippen molar-refractivity contribution in [2.45, 2.75) is 32.2 Å². The van der Waals surface area contributed by atoms with Gasteiger partial charge in [0.05, 0.1) is 6.04 Å². The van der Waals surface area contributed by atoms with Crippen LogP contribution in [0, 0.1) is 0 Å². The van der Waals surface area contributed by atoms with Gasteiger partial charge in [-0.2, -0.15) is 0 Å². The van der Waals surface area contributed by atoms with Crippen LogP contribution >= 0.6 is 0 Å².